The Kier molecular flexibility index (Phi) is 4.81. The predicted molar refractivity (Wildman–Crippen MR) is 79.8 cm³/mol. The van der Waals surface area contributed by atoms with Gasteiger partial charge in [-0.3, -0.25) is 4.79 Å². The third kappa shape index (κ3) is 3.17. The van der Waals surface area contributed by atoms with Crippen LogP contribution < -0.4 is 0 Å². The fraction of sp³-hybridized carbons (Fsp3) is 0.533. The van der Waals surface area contributed by atoms with Gasteiger partial charge in [0.2, 0.25) is 10.0 Å². The van der Waals surface area contributed by atoms with E-state index in [0.717, 1.165) is 0 Å². The molecule has 0 spiro atoms. The quantitative estimate of drug-likeness (QED) is 0.781. The molecule has 1 aromatic rings. The number of sulfonamides is 1. The molecule has 1 saturated heterocycles. The van der Waals surface area contributed by atoms with Crippen molar-refractivity contribution in [2.24, 2.45) is 0 Å². The molecule has 0 amide bonds. The van der Waals surface area contributed by atoms with Crippen molar-refractivity contribution >= 4 is 15.8 Å². The Morgan fingerprint density at radius 1 is 1.43 bits per heavy atom. The number of ketones is 1. The topological polar surface area (TPSA) is 63.7 Å². The lowest BCUT2D eigenvalue weighted by atomic mass is 10.1. The first-order valence-corrected chi connectivity index (χ1v) is 8.54. The number of rotatable bonds is 5. The number of hydrogen-bond acceptors (Lipinski definition) is 4. The van der Waals surface area contributed by atoms with Crippen molar-refractivity contribution in [2.75, 3.05) is 13.7 Å². The number of carbonyl (C=O) groups is 1. The Balaban J connectivity index is 2.33. The fourth-order valence-electron chi connectivity index (χ4n) is 2.58. The molecule has 1 aromatic carbocycles. The lowest BCUT2D eigenvalue weighted by molar-refractivity contribution is 0.0987. The zero-order valence-electron chi connectivity index (χ0n) is 12.6. The van der Waals surface area contributed by atoms with E-state index in [9.17, 15) is 13.2 Å². The van der Waals surface area contributed by atoms with Crippen molar-refractivity contribution in [3.63, 3.8) is 0 Å². The number of ether oxygens (including phenoxy) is 1. The van der Waals surface area contributed by atoms with Gasteiger partial charge in [0.05, 0.1) is 17.0 Å². The molecule has 2 unspecified atom stereocenters. The third-order valence-corrected chi connectivity index (χ3v) is 5.84. The normalized spacial score (nSPS) is 22.7. The molecule has 6 heteroatoms. The first kappa shape index (κ1) is 16.1. The van der Waals surface area contributed by atoms with Gasteiger partial charge in [0, 0.05) is 25.6 Å². The summed E-state index contributed by atoms with van der Waals surface area (Å²) in [4.78, 5) is 11.9. The van der Waals surface area contributed by atoms with Crippen molar-refractivity contribution in [3.8, 4) is 0 Å². The van der Waals surface area contributed by atoms with Gasteiger partial charge < -0.3 is 4.74 Å². The first-order valence-electron chi connectivity index (χ1n) is 7.10. The van der Waals surface area contributed by atoms with E-state index >= 15 is 0 Å². The summed E-state index contributed by atoms with van der Waals surface area (Å²) in [6.45, 7) is 4.20. The average molecular weight is 311 g/mol. The molecule has 5 nitrogen and oxygen atoms in total. The number of likely N-dealkylation sites (N-methyl/N-ethyl adjacent to an activating group) is 1. The molecule has 0 aromatic heterocycles. The van der Waals surface area contributed by atoms with E-state index in [2.05, 4.69) is 0 Å². The maximum Gasteiger partial charge on any atom is 0.243 e. The van der Waals surface area contributed by atoms with Crippen LogP contribution in [0.4, 0.5) is 0 Å². The van der Waals surface area contributed by atoms with Gasteiger partial charge in [0.15, 0.2) is 5.78 Å². The standard InChI is InChI=1S/C15H21NO4S/c1-4-15(17)12-6-5-7-13(10-12)21(18,19)16(3)14-8-9-20-11(14)2/h5-7,10-11,14H,4,8-9H2,1-3H3. The molecule has 116 valence electrons. The van der Waals surface area contributed by atoms with Crippen LogP contribution in [0.5, 0.6) is 0 Å². The highest BCUT2D eigenvalue weighted by Gasteiger charge is 2.35. The summed E-state index contributed by atoms with van der Waals surface area (Å²) >= 11 is 0. The van der Waals surface area contributed by atoms with Gasteiger partial charge in [-0.1, -0.05) is 19.1 Å². The lowest BCUT2D eigenvalue weighted by Gasteiger charge is -2.26. The number of Topliss-reactive ketones (excluding diaryl/α,β-unsaturated/α-hetero) is 1. The minimum absolute atomic E-state index is 0.0627. The Bertz CT molecular complexity index is 626. The third-order valence-electron chi connectivity index (χ3n) is 3.96. The van der Waals surface area contributed by atoms with E-state index in [0.29, 0.717) is 25.0 Å². The van der Waals surface area contributed by atoms with Crippen LogP contribution in [0.1, 0.15) is 37.0 Å². The molecule has 1 aliphatic heterocycles. The highest BCUT2D eigenvalue weighted by molar-refractivity contribution is 7.89. The molecular weight excluding hydrogens is 290 g/mol. The maximum atomic E-state index is 12.7. The van der Waals surface area contributed by atoms with Crippen molar-refractivity contribution in [3.05, 3.63) is 29.8 Å². The Hall–Kier alpha value is -1.24. The fourth-order valence-corrected chi connectivity index (χ4v) is 4.07. The van der Waals surface area contributed by atoms with E-state index in [-0.39, 0.29) is 22.8 Å². The number of benzene rings is 1. The molecule has 0 bridgehead atoms. The van der Waals surface area contributed by atoms with E-state index in [1.807, 2.05) is 6.92 Å². The van der Waals surface area contributed by atoms with Crippen molar-refractivity contribution in [1.29, 1.82) is 0 Å². The van der Waals surface area contributed by atoms with Crippen LogP contribution in [0, 0.1) is 0 Å². The summed E-state index contributed by atoms with van der Waals surface area (Å²) in [5, 5.41) is 0. The molecule has 21 heavy (non-hydrogen) atoms. The second kappa shape index (κ2) is 6.25. The number of hydrogen-bond donors (Lipinski definition) is 0. The zero-order valence-corrected chi connectivity index (χ0v) is 13.4. The second-order valence-electron chi connectivity index (χ2n) is 5.26. The highest BCUT2D eigenvalue weighted by Crippen LogP contribution is 2.25. The average Bonchev–Trinajstić information content (AvgIpc) is 2.91. The summed E-state index contributed by atoms with van der Waals surface area (Å²) in [5.41, 5.74) is 0.433. The van der Waals surface area contributed by atoms with Gasteiger partial charge in [-0.15, -0.1) is 0 Å². The van der Waals surface area contributed by atoms with Crippen molar-refractivity contribution < 1.29 is 17.9 Å². The Morgan fingerprint density at radius 2 is 2.14 bits per heavy atom. The second-order valence-corrected chi connectivity index (χ2v) is 7.26. The predicted octanol–water partition coefficient (Wildman–Crippen LogP) is 2.08. The molecular formula is C15H21NO4S. The van der Waals surface area contributed by atoms with Gasteiger partial charge in [0.25, 0.3) is 0 Å². The Morgan fingerprint density at radius 3 is 2.71 bits per heavy atom. The van der Waals surface area contributed by atoms with Crippen LogP contribution in [0.3, 0.4) is 0 Å². The van der Waals surface area contributed by atoms with Gasteiger partial charge in [-0.05, 0) is 25.5 Å². The molecule has 0 N–H and O–H groups in total. The van der Waals surface area contributed by atoms with Gasteiger partial charge in [-0.2, -0.15) is 4.31 Å². The van der Waals surface area contributed by atoms with Gasteiger partial charge >= 0.3 is 0 Å². The molecule has 0 radical (unpaired) electrons. The van der Waals surface area contributed by atoms with E-state index < -0.39 is 10.0 Å². The van der Waals surface area contributed by atoms with E-state index in [1.165, 1.54) is 16.4 Å². The summed E-state index contributed by atoms with van der Waals surface area (Å²) in [7, 11) is -2.05. The maximum absolute atomic E-state index is 12.7. The monoisotopic (exact) mass is 311 g/mol. The lowest BCUT2D eigenvalue weighted by Crippen LogP contribution is -2.40. The van der Waals surface area contributed by atoms with Crippen LogP contribution >= 0.6 is 0 Å². The van der Waals surface area contributed by atoms with Crippen molar-refractivity contribution in [1.82, 2.24) is 4.31 Å². The summed E-state index contributed by atoms with van der Waals surface area (Å²) in [5.74, 6) is -0.0627. The van der Waals surface area contributed by atoms with Crippen LogP contribution in [0.2, 0.25) is 0 Å². The molecule has 2 rings (SSSR count). The number of nitrogens with zero attached hydrogens (tertiary/aromatic N) is 1. The van der Waals surface area contributed by atoms with E-state index in [1.54, 1.807) is 26.1 Å². The van der Waals surface area contributed by atoms with Crippen LogP contribution in [0.15, 0.2) is 29.2 Å². The highest BCUT2D eigenvalue weighted by atomic mass is 32.2. The molecule has 0 aliphatic carbocycles. The smallest absolute Gasteiger partial charge is 0.243 e. The zero-order chi connectivity index (χ0) is 15.6. The summed E-state index contributed by atoms with van der Waals surface area (Å²) in [6.07, 6.45) is 0.919. The van der Waals surface area contributed by atoms with Crippen LogP contribution in [-0.2, 0) is 14.8 Å². The first-order chi connectivity index (χ1) is 9.87. The molecule has 0 saturated carbocycles. The summed E-state index contributed by atoms with van der Waals surface area (Å²) in [6, 6.07) is 6.07. The summed E-state index contributed by atoms with van der Waals surface area (Å²) < 4.78 is 32.2. The van der Waals surface area contributed by atoms with E-state index in [4.69, 9.17) is 4.74 Å². The minimum Gasteiger partial charge on any atom is -0.377 e. The SMILES string of the molecule is CCC(=O)c1cccc(S(=O)(=O)N(C)C2CCOC2C)c1. The van der Waals surface area contributed by atoms with Gasteiger partial charge in [-0.25, -0.2) is 8.42 Å². The molecule has 1 aliphatic rings. The Labute approximate surface area is 126 Å². The minimum atomic E-state index is -3.62. The molecule has 2 atom stereocenters. The van der Waals surface area contributed by atoms with Crippen molar-refractivity contribution in [2.45, 2.75) is 43.7 Å². The van der Waals surface area contributed by atoms with Crippen LogP contribution in [0.25, 0.3) is 0 Å². The number of carbonyl (C=O) groups excluding carboxylic acids is 1. The largest absolute Gasteiger partial charge is 0.377 e. The van der Waals surface area contributed by atoms with Crippen LogP contribution in [-0.4, -0.2) is 44.3 Å². The van der Waals surface area contributed by atoms with Gasteiger partial charge in [0.1, 0.15) is 0 Å². The molecule has 1 fully saturated rings. The molecule has 1 heterocycles.